The van der Waals surface area contributed by atoms with E-state index in [-0.39, 0.29) is 19.0 Å². The number of amides is 2. The fraction of sp³-hybridized carbons (Fsp3) is 0.467. The maximum absolute atomic E-state index is 12.0. The summed E-state index contributed by atoms with van der Waals surface area (Å²) in [4.78, 5) is 24.8. The van der Waals surface area contributed by atoms with Crippen molar-refractivity contribution in [3.05, 3.63) is 34.9 Å². The van der Waals surface area contributed by atoms with Crippen molar-refractivity contribution in [1.29, 1.82) is 0 Å². The molecule has 0 heterocycles. The molecule has 1 aromatic carbocycles. The average molecular weight is 366 g/mol. The van der Waals surface area contributed by atoms with Crippen LogP contribution in [0.4, 0.5) is 13.2 Å². The maximum atomic E-state index is 12.0. The van der Waals surface area contributed by atoms with Gasteiger partial charge in [-0.25, -0.2) is 0 Å². The van der Waals surface area contributed by atoms with Gasteiger partial charge in [0.15, 0.2) is 0 Å². The van der Waals surface area contributed by atoms with E-state index in [9.17, 15) is 22.8 Å². The standard InChI is InChI=1S/C15H19ClF3N3O2/c1-2-22(9-14(24)21-10-15(17,18)19)8-13(23)20-7-11-3-5-12(16)6-4-11/h3-6H,2,7-10H2,1H3,(H,20,23)(H,21,24). The number of rotatable bonds is 8. The van der Waals surface area contributed by atoms with Gasteiger partial charge in [0.2, 0.25) is 11.8 Å². The van der Waals surface area contributed by atoms with Gasteiger partial charge in [0.25, 0.3) is 0 Å². The van der Waals surface area contributed by atoms with E-state index in [4.69, 9.17) is 11.6 Å². The van der Waals surface area contributed by atoms with Crippen molar-refractivity contribution in [3.63, 3.8) is 0 Å². The van der Waals surface area contributed by atoms with Gasteiger partial charge in [0, 0.05) is 11.6 Å². The van der Waals surface area contributed by atoms with Crippen molar-refractivity contribution in [1.82, 2.24) is 15.5 Å². The molecule has 0 aliphatic rings. The Balaban J connectivity index is 2.36. The number of likely N-dealkylation sites (N-methyl/N-ethyl adjacent to an activating group) is 1. The van der Waals surface area contributed by atoms with Crippen LogP contribution < -0.4 is 10.6 Å². The molecule has 5 nitrogen and oxygen atoms in total. The Morgan fingerprint density at radius 3 is 2.12 bits per heavy atom. The van der Waals surface area contributed by atoms with Crippen LogP contribution in [0, 0.1) is 0 Å². The average Bonchev–Trinajstić information content (AvgIpc) is 2.51. The summed E-state index contributed by atoms with van der Waals surface area (Å²) in [6.07, 6.45) is -4.46. The van der Waals surface area contributed by atoms with E-state index >= 15 is 0 Å². The van der Waals surface area contributed by atoms with Gasteiger partial charge in [-0.1, -0.05) is 30.7 Å². The van der Waals surface area contributed by atoms with E-state index in [0.717, 1.165) is 5.56 Å². The summed E-state index contributed by atoms with van der Waals surface area (Å²) in [6.45, 7) is 0.627. The summed E-state index contributed by atoms with van der Waals surface area (Å²) in [5.41, 5.74) is 0.860. The van der Waals surface area contributed by atoms with Gasteiger partial charge < -0.3 is 10.6 Å². The first kappa shape index (κ1) is 20.2. The van der Waals surface area contributed by atoms with E-state index < -0.39 is 18.6 Å². The second kappa shape index (κ2) is 9.48. The summed E-state index contributed by atoms with van der Waals surface area (Å²) in [7, 11) is 0. The summed E-state index contributed by atoms with van der Waals surface area (Å²) in [5.74, 6) is -1.10. The van der Waals surface area contributed by atoms with Crippen LogP contribution in [-0.4, -0.2) is 49.1 Å². The molecule has 0 fully saturated rings. The number of hydrogen-bond acceptors (Lipinski definition) is 3. The number of carbonyl (C=O) groups is 2. The fourth-order valence-corrected chi connectivity index (χ4v) is 1.93. The van der Waals surface area contributed by atoms with E-state index in [0.29, 0.717) is 18.1 Å². The van der Waals surface area contributed by atoms with Crippen LogP contribution >= 0.6 is 11.6 Å². The smallest absolute Gasteiger partial charge is 0.351 e. The molecule has 0 saturated heterocycles. The SMILES string of the molecule is CCN(CC(=O)NCc1ccc(Cl)cc1)CC(=O)NCC(F)(F)F. The number of nitrogens with zero attached hydrogens (tertiary/aromatic N) is 1. The molecule has 9 heteroatoms. The van der Waals surface area contributed by atoms with Gasteiger partial charge in [-0.2, -0.15) is 13.2 Å². The van der Waals surface area contributed by atoms with Crippen molar-refractivity contribution in [2.75, 3.05) is 26.2 Å². The Hall–Kier alpha value is -1.80. The van der Waals surface area contributed by atoms with Crippen LogP contribution in [0.15, 0.2) is 24.3 Å². The lowest BCUT2D eigenvalue weighted by atomic mass is 10.2. The second-order valence-electron chi connectivity index (χ2n) is 5.10. The summed E-state index contributed by atoms with van der Waals surface area (Å²) < 4.78 is 36.1. The van der Waals surface area contributed by atoms with Crippen LogP contribution in [0.3, 0.4) is 0 Å². The van der Waals surface area contributed by atoms with Gasteiger partial charge >= 0.3 is 6.18 Å². The normalized spacial score (nSPS) is 11.4. The van der Waals surface area contributed by atoms with Crippen molar-refractivity contribution in [3.8, 4) is 0 Å². The van der Waals surface area contributed by atoms with Gasteiger partial charge in [-0.05, 0) is 24.2 Å². The van der Waals surface area contributed by atoms with Crippen molar-refractivity contribution in [2.24, 2.45) is 0 Å². The molecule has 0 saturated carbocycles. The highest BCUT2D eigenvalue weighted by Gasteiger charge is 2.28. The number of benzene rings is 1. The zero-order valence-electron chi connectivity index (χ0n) is 13.1. The Morgan fingerprint density at radius 2 is 1.62 bits per heavy atom. The lowest BCUT2D eigenvalue weighted by Gasteiger charge is -2.19. The molecule has 24 heavy (non-hydrogen) atoms. The minimum atomic E-state index is -4.46. The number of carbonyl (C=O) groups excluding carboxylic acids is 2. The summed E-state index contributed by atoms with van der Waals surface area (Å²) >= 11 is 5.76. The predicted molar refractivity (Wildman–Crippen MR) is 84.5 cm³/mol. The Morgan fingerprint density at radius 1 is 1.08 bits per heavy atom. The molecule has 0 aliphatic carbocycles. The molecule has 0 aromatic heterocycles. The summed E-state index contributed by atoms with van der Waals surface area (Å²) in [5, 5.41) is 5.04. The third-order valence-corrected chi connectivity index (χ3v) is 3.32. The first-order chi connectivity index (χ1) is 11.2. The number of alkyl halides is 3. The molecule has 2 amide bonds. The first-order valence-electron chi connectivity index (χ1n) is 7.26. The van der Waals surface area contributed by atoms with E-state index in [1.54, 1.807) is 36.5 Å². The molecule has 1 aromatic rings. The maximum Gasteiger partial charge on any atom is 0.405 e. The highest BCUT2D eigenvalue weighted by molar-refractivity contribution is 6.30. The third-order valence-electron chi connectivity index (χ3n) is 3.07. The highest BCUT2D eigenvalue weighted by atomic mass is 35.5. The Kier molecular flexibility index (Phi) is 8.00. The molecule has 0 spiro atoms. The monoisotopic (exact) mass is 365 g/mol. The molecule has 0 bridgehead atoms. The molecule has 0 unspecified atom stereocenters. The highest BCUT2D eigenvalue weighted by Crippen LogP contribution is 2.12. The molecule has 0 radical (unpaired) electrons. The van der Waals surface area contributed by atoms with Crippen molar-refractivity contribution >= 4 is 23.4 Å². The molecular formula is C15H19ClF3N3O2. The minimum Gasteiger partial charge on any atom is -0.351 e. The molecule has 2 N–H and O–H groups in total. The van der Waals surface area contributed by atoms with Crippen LogP contribution in [0.2, 0.25) is 5.02 Å². The largest absolute Gasteiger partial charge is 0.405 e. The quantitative estimate of drug-likeness (QED) is 0.740. The van der Waals surface area contributed by atoms with Crippen LogP contribution in [-0.2, 0) is 16.1 Å². The lowest BCUT2D eigenvalue weighted by Crippen LogP contribution is -2.44. The van der Waals surface area contributed by atoms with E-state index in [1.165, 1.54) is 4.90 Å². The fourth-order valence-electron chi connectivity index (χ4n) is 1.80. The van der Waals surface area contributed by atoms with E-state index in [2.05, 4.69) is 5.32 Å². The van der Waals surface area contributed by atoms with Crippen LogP contribution in [0.1, 0.15) is 12.5 Å². The number of hydrogen-bond donors (Lipinski definition) is 2. The lowest BCUT2D eigenvalue weighted by molar-refractivity contribution is -0.139. The number of halogens is 4. The number of nitrogens with one attached hydrogen (secondary N) is 2. The zero-order valence-corrected chi connectivity index (χ0v) is 13.9. The van der Waals surface area contributed by atoms with E-state index in [1.807, 2.05) is 0 Å². The van der Waals surface area contributed by atoms with Gasteiger partial charge in [0.1, 0.15) is 6.54 Å². The predicted octanol–water partition coefficient (Wildman–Crippen LogP) is 1.96. The molecular weight excluding hydrogens is 347 g/mol. The first-order valence-corrected chi connectivity index (χ1v) is 7.64. The third kappa shape index (κ3) is 8.73. The second-order valence-corrected chi connectivity index (χ2v) is 5.53. The zero-order chi connectivity index (χ0) is 18.2. The molecule has 134 valence electrons. The molecule has 0 aliphatic heterocycles. The van der Waals surface area contributed by atoms with Crippen molar-refractivity contribution in [2.45, 2.75) is 19.6 Å². The van der Waals surface area contributed by atoms with Gasteiger partial charge in [0.05, 0.1) is 13.1 Å². The van der Waals surface area contributed by atoms with Crippen molar-refractivity contribution < 1.29 is 22.8 Å². The molecule has 0 atom stereocenters. The van der Waals surface area contributed by atoms with Crippen LogP contribution in [0.25, 0.3) is 0 Å². The summed E-state index contributed by atoms with van der Waals surface area (Å²) in [6, 6.07) is 6.94. The molecule has 1 rings (SSSR count). The topological polar surface area (TPSA) is 61.4 Å². The van der Waals surface area contributed by atoms with Crippen LogP contribution in [0.5, 0.6) is 0 Å². The van der Waals surface area contributed by atoms with Gasteiger partial charge in [-0.3, -0.25) is 14.5 Å². The Bertz CT molecular complexity index is 550. The van der Waals surface area contributed by atoms with Gasteiger partial charge in [-0.15, -0.1) is 0 Å². The minimum absolute atomic E-state index is 0.0798. The Labute approximate surface area is 143 Å².